The van der Waals surface area contributed by atoms with Crippen molar-refractivity contribution < 1.29 is 4.79 Å². The lowest BCUT2D eigenvalue weighted by Gasteiger charge is -2.21. The molecular formula is C17H17N3OS. The van der Waals surface area contributed by atoms with Gasteiger partial charge in [0.25, 0.3) is 0 Å². The van der Waals surface area contributed by atoms with E-state index in [1.165, 1.54) is 16.9 Å². The van der Waals surface area contributed by atoms with Crippen molar-refractivity contribution in [1.82, 2.24) is 9.55 Å². The van der Waals surface area contributed by atoms with Crippen molar-refractivity contribution in [3.8, 4) is 0 Å². The van der Waals surface area contributed by atoms with Crippen molar-refractivity contribution in [2.24, 2.45) is 0 Å². The zero-order valence-electron chi connectivity index (χ0n) is 12.3. The van der Waals surface area contributed by atoms with Crippen LogP contribution in [-0.4, -0.2) is 15.5 Å². The van der Waals surface area contributed by atoms with Gasteiger partial charge in [0.1, 0.15) is 0 Å². The monoisotopic (exact) mass is 311 g/mol. The molecule has 0 unspecified atom stereocenters. The Hall–Kier alpha value is -2.40. The molecule has 0 bridgehead atoms. The summed E-state index contributed by atoms with van der Waals surface area (Å²) in [6.07, 6.45) is 6.05. The van der Waals surface area contributed by atoms with Crippen LogP contribution in [0, 0.1) is 6.92 Å². The van der Waals surface area contributed by atoms with E-state index in [2.05, 4.69) is 33.9 Å². The maximum atomic E-state index is 12.3. The molecule has 4 nitrogen and oxygen atoms in total. The van der Waals surface area contributed by atoms with Gasteiger partial charge in [-0.25, -0.2) is 4.98 Å². The standard InChI is InChI=1S/C17H17N3OS/c1-13-6-2-3-7-14(13)15(20-9-4-5-10-20)12-16(21)19-17-18-8-11-22-17/h2-11,15H,12H2,1H3,(H,18,19,21)/t15-/m0/s1. The van der Waals surface area contributed by atoms with Gasteiger partial charge in [-0.2, -0.15) is 0 Å². The fourth-order valence-corrected chi connectivity index (χ4v) is 3.07. The Morgan fingerprint density at radius 1 is 1.27 bits per heavy atom. The number of benzene rings is 1. The first-order valence-electron chi connectivity index (χ1n) is 7.11. The summed E-state index contributed by atoms with van der Waals surface area (Å²) in [7, 11) is 0. The predicted octanol–water partition coefficient (Wildman–Crippen LogP) is 3.87. The van der Waals surface area contributed by atoms with E-state index in [0.29, 0.717) is 11.6 Å². The van der Waals surface area contributed by atoms with Gasteiger partial charge in [-0.1, -0.05) is 24.3 Å². The van der Waals surface area contributed by atoms with Gasteiger partial charge in [0, 0.05) is 24.0 Å². The molecule has 0 saturated heterocycles. The molecule has 0 saturated carbocycles. The molecule has 1 amide bonds. The van der Waals surface area contributed by atoms with Crippen molar-refractivity contribution in [3.63, 3.8) is 0 Å². The Bertz CT molecular complexity index is 735. The van der Waals surface area contributed by atoms with Crippen LogP contribution < -0.4 is 5.32 Å². The van der Waals surface area contributed by atoms with Gasteiger partial charge in [0.05, 0.1) is 12.5 Å². The third-order valence-electron chi connectivity index (χ3n) is 3.59. The quantitative estimate of drug-likeness (QED) is 0.777. The fraction of sp³-hybridized carbons (Fsp3) is 0.176. The molecule has 22 heavy (non-hydrogen) atoms. The topological polar surface area (TPSA) is 46.9 Å². The average molecular weight is 311 g/mol. The summed E-state index contributed by atoms with van der Waals surface area (Å²) in [5.74, 6) is -0.0306. The highest BCUT2D eigenvalue weighted by molar-refractivity contribution is 7.13. The molecule has 5 heteroatoms. The third kappa shape index (κ3) is 3.26. The van der Waals surface area contributed by atoms with E-state index in [4.69, 9.17) is 0 Å². The number of carbonyl (C=O) groups is 1. The fourth-order valence-electron chi connectivity index (χ4n) is 2.52. The summed E-state index contributed by atoms with van der Waals surface area (Å²) in [4.78, 5) is 16.4. The van der Waals surface area contributed by atoms with Gasteiger partial charge >= 0.3 is 0 Å². The number of nitrogens with zero attached hydrogens (tertiary/aromatic N) is 2. The van der Waals surface area contributed by atoms with Crippen LogP contribution in [0.4, 0.5) is 5.13 Å². The number of amides is 1. The minimum Gasteiger partial charge on any atom is -0.346 e. The van der Waals surface area contributed by atoms with E-state index in [1.807, 2.05) is 42.0 Å². The normalized spacial score (nSPS) is 12.0. The molecule has 2 heterocycles. The number of rotatable bonds is 5. The summed E-state index contributed by atoms with van der Waals surface area (Å²) in [5, 5.41) is 5.35. The van der Waals surface area contributed by atoms with Crippen molar-refractivity contribution in [1.29, 1.82) is 0 Å². The highest BCUT2D eigenvalue weighted by Gasteiger charge is 2.19. The SMILES string of the molecule is Cc1ccccc1[C@H](CC(=O)Nc1nccs1)n1cccc1. The largest absolute Gasteiger partial charge is 0.346 e. The summed E-state index contributed by atoms with van der Waals surface area (Å²) in [5.41, 5.74) is 2.34. The molecule has 0 spiro atoms. The molecule has 0 radical (unpaired) electrons. The summed E-state index contributed by atoms with van der Waals surface area (Å²) >= 11 is 1.42. The van der Waals surface area contributed by atoms with Crippen LogP contribution >= 0.6 is 11.3 Å². The van der Waals surface area contributed by atoms with E-state index < -0.39 is 0 Å². The van der Waals surface area contributed by atoms with E-state index in [-0.39, 0.29) is 11.9 Å². The first kappa shape index (κ1) is 14.5. The lowest BCUT2D eigenvalue weighted by atomic mass is 9.98. The Morgan fingerprint density at radius 2 is 2.05 bits per heavy atom. The number of thiazole rings is 1. The smallest absolute Gasteiger partial charge is 0.228 e. The van der Waals surface area contributed by atoms with Crippen molar-refractivity contribution in [2.75, 3.05) is 5.32 Å². The number of aryl methyl sites for hydroxylation is 1. The molecule has 0 aliphatic heterocycles. The Morgan fingerprint density at radius 3 is 2.73 bits per heavy atom. The zero-order chi connectivity index (χ0) is 15.4. The van der Waals surface area contributed by atoms with Gasteiger partial charge in [-0.05, 0) is 30.2 Å². The number of hydrogen-bond donors (Lipinski definition) is 1. The number of carbonyl (C=O) groups excluding carboxylic acids is 1. The van der Waals surface area contributed by atoms with E-state index in [0.717, 1.165) is 5.56 Å². The van der Waals surface area contributed by atoms with E-state index in [1.54, 1.807) is 6.20 Å². The molecule has 2 aromatic heterocycles. The van der Waals surface area contributed by atoms with Crippen LogP contribution in [0.25, 0.3) is 0 Å². The van der Waals surface area contributed by atoms with Gasteiger partial charge in [-0.15, -0.1) is 11.3 Å². The highest BCUT2D eigenvalue weighted by atomic mass is 32.1. The van der Waals surface area contributed by atoms with Gasteiger partial charge in [0.15, 0.2) is 5.13 Å². The Labute approximate surface area is 133 Å². The third-order valence-corrected chi connectivity index (χ3v) is 4.28. The maximum absolute atomic E-state index is 12.3. The number of aromatic nitrogens is 2. The second kappa shape index (κ2) is 6.58. The van der Waals surface area contributed by atoms with Crippen LogP contribution in [-0.2, 0) is 4.79 Å². The van der Waals surface area contributed by atoms with Crippen molar-refractivity contribution in [2.45, 2.75) is 19.4 Å². The molecule has 1 aromatic carbocycles. The molecule has 3 rings (SSSR count). The van der Waals surface area contributed by atoms with Crippen molar-refractivity contribution in [3.05, 3.63) is 71.5 Å². The molecule has 0 aliphatic carbocycles. The lowest BCUT2D eigenvalue weighted by molar-refractivity contribution is -0.116. The zero-order valence-corrected chi connectivity index (χ0v) is 13.1. The number of nitrogens with one attached hydrogen (secondary N) is 1. The minimum atomic E-state index is -0.0306. The van der Waals surface area contributed by atoms with Gasteiger partial charge in [0.2, 0.25) is 5.91 Å². The molecule has 112 valence electrons. The second-order valence-corrected chi connectivity index (χ2v) is 5.99. The second-order valence-electron chi connectivity index (χ2n) is 5.09. The van der Waals surface area contributed by atoms with Crippen LogP contribution in [0.2, 0.25) is 0 Å². The summed E-state index contributed by atoms with van der Waals surface area (Å²) in [6, 6.07) is 12.1. The average Bonchev–Trinajstić information content (AvgIpc) is 3.19. The van der Waals surface area contributed by atoms with Crippen LogP contribution in [0.1, 0.15) is 23.6 Å². The molecule has 1 N–H and O–H groups in total. The van der Waals surface area contributed by atoms with Crippen LogP contribution in [0.3, 0.4) is 0 Å². The lowest BCUT2D eigenvalue weighted by Crippen LogP contribution is -2.20. The maximum Gasteiger partial charge on any atom is 0.228 e. The van der Waals surface area contributed by atoms with E-state index >= 15 is 0 Å². The first-order valence-corrected chi connectivity index (χ1v) is 7.99. The number of hydrogen-bond acceptors (Lipinski definition) is 3. The summed E-state index contributed by atoms with van der Waals surface area (Å²) < 4.78 is 2.07. The predicted molar refractivity (Wildman–Crippen MR) is 89.1 cm³/mol. The van der Waals surface area contributed by atoms with Gasteiger partial charge in [-0.3, -0.25) is 4.79 Å². The number of anilines is 1. The summed E-state index contributed by atoms with van der Waals surface area (Å²) in [6.45, 7) is 2.07. The molecule has 1 atom stereocenters. The van der Waals surface area contributed by atoms with Crippen LogP contribution in [0.5, 0.6) is 0 Å². The molecule has 0 fully saturated rings. The molecular weight excluding hydrogens is 294 g/mol. The Balaban J connectivity index is 1.84. The van der Waals surface area contributed by atoms with E-state index in [9.17, 15) is 4.79 Å². The highest BCUT2D eigenvalue weighted by Crippen LogP contribution is 2.26. The van der Waals surface area contributed by atoms with Crippen molar-refractivity contribution >= 4 is 22.4 Å². The van der Waals surface area contributed by atoms with Crippen LogP contribution in [0.15, 0.2) is 60.4 Å². The van der Waals surface area contributed by atoms with Gasteiger partial charge < -0.3 is 9.88 Å². The Kier molecular flexibility index (Phi) is 4.34. The molecule has 3 aromatic rings. The molecule has 0 aliphatic rings. The minimum absolute atomic E-state index is 0.0174. The first-order chi connectivity index (χ1) is 10.7.